The van der Waals surface area contributed by atoms with Crippen molar-refractivity contribution in [2.24, 2.45) is 0 Å². The van der Waals surface area contributed by atoms with Gasteiger partial charge in [0.05, 0.1) is 12.7 Å². The van der Waals surface area contributed by atoms with Gasteiger partial charge in [0.25, 0.3) is 5.91 Å². The van der Waals surface area contributed by atoms with Gasteiger partial charge in [0.1, 0.15) is 11.3 Å². The zero-order valence-electron chi connectivity index (χ0n) is 16.6. The first-order valence-electron chi connectivity index (χ1n) is 9.65. The number of nitrogens with one attached hydrogen (secondary N) is 1. The van der Waals surface area contributed by atoms with Crippen LogP contribution < -0.4 is 10.1 Å². The van der Waals surface area contributed by atoms with E-state index in [9.17, 15) is 4.79 Å². The van der Waals surface area contributed by atoms with Crippen molar-refractivity contribution >= 4 is 45.1 Å². The number of carbonyl (C=O) groups is 1. The van der Waals surface area contributed by atoms with Crippen LogP contribution in [0.3, 0.4) is 0 Å². The van der Waals surface area contributed by atoms with Gasteiger partial charge in [-0.05, 0) is 65.4 Å². The average Bonchev–Trinajstić information content (AvgIpc) is 3.22. The predicted molar refractivity (Wildman–Crippen MR) is 123 cm³/mol. The quantitative estimate of drug-likeness (QED) is 0.352. The van der Waals surface area contributed by atoms with Crippen molar-refractivity contribution in [1.82, 2.24) is 4.98 Å². The van der Waals surface area contributed by atoms with Crippen LogP contribution in [0, 0.1) is 0 Å². The molecule has 5 nitrogen and oxygen atoms in total. The van der Waals surface area contributed by atoms with Crippen molar-refractivity contribution in [3.63, 3.8) is 0 Å². The van der Waals surface area contributed by atoms with Crippen LogP contribution in [0.2, 0.25) is 5.02 Å². The van der Waals surface area contributed by atoms with Crippen LogP contribution in [0.25, 0.3) is 33.3 Å². The van der Waals surface area contributed by atoms with Gasteiger partial charge >= 0.3 is 0 Å². The number of aromatic nitrogens is 1. The number of amides is 1. The largest absolute Gasteiger partial charge is 0.496 e. The van der Waals surface area contributed by atoms with E-state index in [0.717, 1.165) is 16.3 Å². The van der Waals surface area contributed by atoms with E-state index in [-0.39, 0.29) is 5.91 Å². The van der Waals surface area contributed by atoms with Crippen LogP contribution in [0.4, 0.5) is 5.69 Å². The van der Waals surface area contributed by atoms with Crippen molar-refractivity contribution in [2.75, 3.05) is 12.4 Å². The number of carbonyl (C=O) groups excluding carboxylic acids is 1. The van der Waals surface area contributed by atoms with E-state index >= 15 is 0 Å². The Labute approximate surface area is 183 Å². The number of oxazole rings is 1. The van der Waals surface area contributed by atoms with Crippen LogP contribution in [0.1, 0.15) is 10.4 Å². The second-order valence-corrected chi connectivity index (χ2v) is 7.50. The zero-order chi connectivity index (χ0) is 21.4. The monoisotopic (exact) mass is 428 g/mol. The Morgan fingerprint density at radius 3 is 2.45 bits per heavy atom. The molecule has 0 aliphatic carbocycles. The Bertz CT molecular complexity index is 1420. The summed E-state index contributed by atoms with van der Waals surface area (Å²) in [5.41, 5.74) is 3.18. The summed E-state index contributed by atoms with van der Waals surface area (Å²) in [5, 5.41) is 5.55. The molecular formula is C25H17ClN2O3. The number of fused-ring (bicyclic) bond motifs is 2. The van der Waals surface area contributed by atoms with Gasteiger partial charge in [-0.25, -0.2) is 4.98 Å². The van der Waals surface area contributed by atoms with E-state index in [2.05, 4.69) is 10.3 Å². The van der Waals surface area contributed by atoms with Crippen LogP contribution in [0.15, 0.2) is 83.3 Å². The molecule has 0 unspecified atom stereocenters. The number of hydrogen-bond acceptors (Lipinski definition) is 4. The molecule has 1 heterocycles. The molecule has 0 fully saturated rings. The number of hydrogen-bond donors (Lipinski definition) is 1. The van der Waals surface area contributed by atoms with Gasteiger partial charge in [0.15, 0.2) is 5.58 Å². The number of halogens is 1. The SMILES string of the molecule is COc1cc2ccccc2cc1C(=O)Nc1ccc2oc(-c3ccc(Cl)cc3)nc2c1. The molecule has 0 saturated carbocycles. The fourth-order valence-electron chi connectivity index (χ4n) is 3.49. The Morgan fingerprint density at radius 2 is 1.71 bits per heavy atom. The zero-order valence-corrected chi connectivity index (χ0v) is 17.3. The Balaban J connectivity index is 1.45. The van der Waals surface area contributed by atoms with Crippen molar-refractivity contribution in [2.45, 2.75) is 0 Å². The molecule has 0 aliphatic heterocycles. The molecule has 1 N–H and O–H groups in total. The minimum atomic E-state index is -0.261. The summed E-state index contributed by atoms with van der Waals surface area (Å²) < 4.78 is 11.3. The number of methoxy groups -OCH3 is 1. The van der Waals surface area contributed by atoms with Gasteiger partial charge in [0, 0.05) is 16.3 Å². The van der Waals surface area contributed by atoms with Crippen molar-refractivity contribution in [1.29, 1.82) is 0 Å². The third kappa shape index (κ3) is 3.71. The molecule has 6 heteroatoms. The molecule has 0 saturated heterocycles. The summed E-state index contributed by atoms with van der Waals surface area (Å²) in [6.45, 7) is 0. The number of rotatable bonds is 4. The van der Waals surface area contributed by atoms with Crippen molar-refractivity contribution < 1.29 is 13.9 Å². The van der Waals surface area contributed by atoms with E-state index in [4.69, 9.17) is 20.8 Å². The third-order valence-electron chi connectivity index (χ3n) is 5.05. The minimum absolute atomic E-state index is 0.261. The second-order valence-electron chi connectivity index (χ2n) is 7.06. The standard InChI is InChI=1S/C25H17ClN2O3/c1-30-23-13-17-5-3-2-4-16(17)12-20(23)24(29)27-19-10-11-22-21(14-19)28-25(31-22)15-6-8-18(26)9-7-15/h2-14H,1H3,(H,27,29). The summed E-state index contributed by atoms with van der Waals surface area (Å²) >= 11 is 5.95. The first-order valence-corrected chi connectivity index (χ1v) is 10.0. The number of benzene rings is 4. The highest BCUT2D eigenvalue weighted by Crippen LogP contribution is 2.29. The lowest BCUT2D eigenvalue weighted by molar-refractivity contribution is 0.102. The van der Waals surface area contributed by atoms with Crippen molar-refractivity contribution in [3.8, 4) is 17.2 Å². The maximum atomic E-state index is 13.0. The fourth-order valence-corrected chi connectivity index (χ4v) is 3.61. The van der Waals surface area contributed by atoms with Crippen LogP contribution >= 0.6 is 11.6 Å². The molecule has 1 amide bonds. The maximum Gasteiger partial charge on any atom is 0.259 e. The lowest BCUT2D eigenvalue weighted by atomic mass is 10.1. The molecule has 4 aromatic carbocycles. The normalized spacial score (nSPS) is 11.0. The molecular weight excluding hydrogens is 412 g/mol. The summed E-state index contributed by atoms with van der Waals surface area (Å²) in [4.78, 5) is 17.5. The molecule has 152 valence electrons. The molecule has 5 rings (SSSR count). The molecule has 31 heavy (non-hydrogen) atoms. The lowest BCUT2D eigenvalue weighted by Crippen LogP contribution is -2.13. The fraction of sp³-hybridized carbons (Fsp3) is 0.0400. The first-order chi connectivity index (χ1) is 15.1. The van der Waals surface area contributed by atoms with Crippen molar-refractivity contribution in [3.05, 3.63) is 89.4 Å². The van der Waals surface area contributed by atoms with Gasteiger partial charge in [-0.2, -0.15) is 0 Å². The first kappa shape index (κ1) is 19.2. The number of anilines is 1. The molecule has 0 bridgehead atoms. The van der Waals surface area contributed by atoms with E-state index in [1.165, 1.54) is 0 Å². The van der Waals surface area contributed by atoms with Crippen LogP contribution in [-0.4, -0.2) is 18.0 Å². The van der Waals surface area contributed by atoms with E-state index in [1.54, 1.807) is 37.4 Å². The number of ether oxygens (including phenoxy) is 1. The van der Waals surface area contributed by atoms with E-state index < -0.39 is 0 Å². The summed E-state index contributed by atoms with van der Waals surface area (Å²) in [6.07, 6.45) is 0. The van der Waals surface area contributed by atoms with Gasteiger partial charge in [0.2, 0.25) is 5.89 Å². The van der Waals surface area contributed by atoms with Gasteiger partial charge in [-0.3, -0.25) is 4.79 Å². The highest BCUT2D eigenvalue weighted by atomic mass is 35.5. The Hall–Kier alpha value is -3.83. The minimum Gasteiger partial charge on any atom is -0.496 e. The van der Waals surface area contributed by atoms with E-state index in [1.807, 2.05) is 48.5 Å². The molecule has 0 aliphatic rings. The van der Waals surface area contributed by atoms with Gasteiger partial charge in [-0.15, -0.1) is 0 Å². The van der Waals surface area contributed by atoms with Gasteiger partial charge in [-0.1, -0.05) is 35.9 Å². The number of nitrogens with zero attached hydrogens (tertiary/aromatic N) is 1. The summed E-state index contributed by atoms with van der Waals surface area (Å²) in [5.74, 6) is 0.749. The molecule has 0 radical (unpaired) electrons. The van der Waals surface area contributed by atoms with Gasteiger partial charge < -0.3 is 14.5 Å². The topological polar surface area (TPSA) is 64.4 Å². The lowest BCUT2D eigenvalue weighted by Gasteiger charge is -2.11. The maximum absolute atomic E-state index is 13.0. The average molecular weight is 429 g/mol. The third-order valence-corrected chi connectivity index (χ3v) is 5.30. The Morgan fingerprint density at radius 1 is 0.968 bits per heavy atom. The second kappa shape index (κ2) is 7.78. The molecule has 0 spiro atoms. The summed E-state index contributed by atoms with van der Waals surface area (Å²) in [6, 6.07) is 24.2. The summed E-state index contributed by atoms with van der Waals surface area (Å²) in [7, 11) is 1.56. The van der Waals surface area contributed by atoms with Crippen LogP contribution in [0.5, 0.6) is 5.75 Å². The highest BCUT2D eigenvalue weighted by Gasteiger charge is 2.15. The molecule has 0 atom stereocenters. The smallest absolute Gasteiger partial charge is 0.259 e. The molecule has 1 aromatic heterocycles. The van der Waals surface area contributed by atoms with Crippen LogP contribution in [-0.2, 0) is 0 Å². The Kier molecular flexibility index (Phi) is 4.81. The predicted octanol–water partition coefficient (Wildman–Crippen LogP) is 6.56. The van der Waals surface area contributed by atoms with E-state index in [0.29, 0.717) is 39.0 Å². The highest BCUT2D eigenvalue weighted by molar-refractivity contribution is 6.30. The molecule has 5 aromatic rings.